The van der Waals surface area contributed by atoms with E-state index in [1.165, 1.54) is 0 Å². The van der Waals surface area contributed by atoms with E-state index in [2.05, 4.69) is 0 Å². The lowest BCUT2D eigenvalue weighted by Crippen LogP contribution is -2.37. The molecule has 0 bridgehead atoms. The van der Waals surface area contributed by atoms with Crippen LogP contribution < -0.4 is 0 Å². The molecule has 0 saturated heterocycles. The van der Waals surface area contributed by atoms with E-state index in [-0.39, 0.29) is 95.9 Å². The van der Waals surface area contributed by atoms with Gasteiger partial charge >= 0.3 is 0 Å². The molecule has 4 nitrogen and oxygen atoms in total. The van der Waals surface area contributed by atoms with Crippen molar-refractivity contribution in [3.8, 4) is 0 Å². The summed E-state index contributed by atoms with van der Waals surface area (Å²) in [4.78, 5) is 0. The molecular formula is C5H16I4O4. The first kappa shape index (κ1) is 29.7. The van der Waals surface area contributed by atoms with E-state index in [1.54, 1.807) is 0 Å². The van der Waals surface area contributed by atoms with Gasteiger partial charge < -0.3 is 20.4 Å². The normalized spacial score (nSPS) is 8.31. The monoisotopic (exact) mass is 648 g/mol. The van der Waals surface area contributed by atoms with E-state index in [0.717, 1.165) is 0 Å². The molecule has 0 rings (SSSR count). The van der Waals surface area contributed by atoms with Crippen molar-refractivity contribution in [2.24, 2.45) is 5.41 Å². The van der Waals surface area contributed by atoms with Crippen LogP contribution in [0.25, 0.3) is 0 Å². The van der Waals surface area contributed by atoms with Crippen LogP contribution in [-0.2, 0) is 0 Å². The van der Waals surface area contributed by atoms with E-state index in [9.17, 15) is 0 Å². The minimum absolute atomic E-state index is 0. The number of aliphatic hydroxyl groups excluding tert-OH is 4. The third-order valence-corrected chi connectivity index (χ3v) is 1.34. The number of hydrogen-bond donors (Lipinski definition) is 4. The Morgan fingerprint density at radius 3 is 0.692 bits per heavy atom. The van der Waals surface area contributed by atoms with Crippen LogP contribution >= 0.6 is 95.9 Å². The van der Waals surface area contributed by atoms with Gasteiger partial charge in [-0.05, 0) is 0 Å². The fourth-order valence-corrected chi connectivity index (χ4v) is 0.300. The molecule has 0 saturated carbocycles. The molecule has 0 aliphatic carbocycles. The number of hydrogen-bond acceptors (Lipinski definition) is 4. The van der Waals surface area contributed by atoms with E-state index in [1.807, 2.05) is 0 Å². The van der Waals surface area contributed by atoms with E-state index < -0.39 is 31.8 Å². The standard InChI is InChI=1S/C5H12O4.4HI/c6-1-5(2-7,3-8)4-9;;;;/h6-9H,1-4H2;4*1H. The molecule has 0 unspecified atom stereocenters. The van der Waals surface area contributed by atoms with Gasteiger partial charge in [0.05, 0.1) is 31.8 Å². The summed E-state index contributed by atoms with van der Waals surface area (Å²) in [6.07, 6.45) is 0. The first-order chi connectivity index (χ1) is 4.24. The van der Waals surface area contributed by atoms with Gasteiger partial charge in [0.15, 0.2) is 0 Å². The van der Waals surface area contributed by atoms with Crippen LogP contribution in [-0.4, -0.2) is 46.9 Å². The zero-order valence-electron chi connectivity index (χ0n) is 6.75. The molecule has 0 amide bonds. The van der Waals surface area contributed by atoms with Crippen molar-refractivity contribution in [1.82, 2.24) is 0 Å². The van der Waals surface area contributed by atoms with Gasteiger partial charge in [0.25, 0.3) is 0 Å². The maximum atomic E-state index is 8.50. The second kappa shape index (κ2) is 17.2. The van der Waals surface area contributed by atoms with Gasteiger partial charge in [0, 0.05) is 0 Å². The van der Waals surface area contributed by atoms with Crippen LogP contribution in [0.5, 0.6) is 0 Å². The molecular weight excluding hydrogens is 632 g/mol. The van der Waals surface area contributed by atoms with Gasteiger partial charge in [-0.2, -0.15) is 0 Å². The van der Waals surface area contributed by atoms with Gasteiger partial charge in [-0.1, -0.05) is 0 Å². The number of rotatable bonds is 4. The predicted molar refractivity (Wildman–Crippen MR) is 92.4 cm³/mol. The van der Waals surface area contributed by atoms with Crippen molar-refractivity contribution < 1.29 is 20.4 Å². The Bertz CT molecular complexity index is 63.4. The largest absolute Gasteiger partial charge is 0.396 e. The van der Waals surface area contributed by atoms with E-state index >= 15 is 0 Å². The van der Waals surface area contributed by atoms with Gasteiger partial charge in [0.1, 0.15) is 0 Å². The summed E-state index contributed by atoms with van der Waals surface area (Å²) in [5, 5.41) is 34.0. The van der Waals surface area contributed by atoms with Crippen molar-refractivity contribution in [2.45, 2.75) is 0 Å². The minimum atomic E-state index is -1.11. The number of halogens is 4. The molecule has 0 atom stereocenters. The fraction of sp³-hybridized carbons (Fsp3) is 1.00. The molecule has 88 valence electrons. The summed E-state index contributed by atoms with van der Waals surface area (Å²) in [5.41, 5.74) is -1.11. The SMILES string of the molecule is I.I.I.I.OCC(CO)(CO)CO. The molecule has 0 aliphatic rings. The van der Waals surface area contributed by atoms with Gasteiger partial charge in [-0.15, -0.1) is 95.9 Å². The first-order valence-corrected chi connectivity index (χ1v) is 2.68. The second-order valence-electron chi connectivity index (χ2n) is 2.13. The number of aliphatic hydroxyl groups is 4. The highest BCUT2D eigenvalue weighted by Crippen LogP contribution is 2.11. The third kappa shape index (κ3) is 11.0. The Morgan fingerprint density at radius 2 is 0.692 bits per heavy atom. The summed E-state index contributed by atoms with van der Waals surface area (Å²) < 4.78 is 0. The lowest BCUT2D eigenvalue weighted by Gasteiger charge is -2.23. The summed E-state index contributed by atoms with van der Waals surface area (Å²) in [6, 6.07) is 0. The second-order valence-corrected chi connectivity index (χ2v) is 2.13. The van der Waals surface area contributed by atoms with Gasteiger partial charge in [0.2, 0.25) is 0 Å². The summed E-state index contributed by atoms with van der Waals surface area (Å²) in [5.74, 6) is 0. The predicted octanol–water partition coefficient (Wildman–Crippen LogP) is 0.414. The molecule has 0 heterocycles. The molecule has 8 heteroatoms. The highest BCUT2D eigenvalue weighted by Gasteiger charge is 2.26. The van der Waals surface area contributed by atoms with Crippen molar-refractivity contribution in [2.75, 3.05) is 26.4 Å². The van der Waals surface area contributed by atoms with Crippen LogP contribution in [0.15, 0.2) is 0 Å². The summed E-state index contributed by atoms with van der Waals surface area (Å²) >= 11 is 0. The van der Waals surface area contributed by atoms with Crippen LogP contribution in [0.1, 0.15) is 0 Å². The Kier molecular flexibility index (Phi) is 39.2. The molecule has 0 aliphatic heterocycles. The third-order valence-electron chi connectivity index (χ3n) is 1.34. The summed E-state index contributed by atoms with van der Waals surface area (Å²) in [6.45, 7) is -1.62. The molecule has 4 N–H and O–H groups in total. The Hall–Kier alpha value is 2.76. The highest BCUT2D eigenvalue weighted by molar-refractivity contribution is 14.0. The van der Waals surface area contributed by atoms with Crippen molar-refractivity contribution in [3.05, 3.63) is 0 Å². The quantitative estimate of drug-likeness (QED) is 0.334. The van der Waals surface area contributed by atoms with Crippen LogP contribution in [0, 0.1) is 5.41 Å². The maximum absolute atomic E-state index is 8.50. The zero-order chi connectivity index (χ0) is 7.33. The lowest BCUT2D eigenvalue weighted by atomic mass is 9.93. The smallest absolute Gasteiger partial charge is 0.0627 e. The van der Waals surface area contributed by atoms with Crippen LogP contribution in [0.3, 0.4) is 0 Å². The molecule has 0 spiro atoms. The van der Waals surface area contributed by atoms with E-state index in [4.69, 9.17) is 20.4 Å². The first-order valence-electron chi connectivity index (χ1n) is 2.68. The Labute approximate surface area is 146 Å². The average Bonchev–Trinajstić information content (AvgIpc) is 1.95. The van der Waals surface area contributed by atoms with Gasteiger partial charge in [-0.3, -0.25) is 0 Å². The molecule has 13 heavy (non-hydrogen) atoms. The molecule has 0 aromatic heterocycles. The molecule has 0 aromatic carbocycles. The van der Waals surface area contributed by atoms with Crippen LogP contribution in [0.4, 0.5) is 0 Å². The van der Waals surface area contributed by atoms with E-state index in [0.29, 0.717) is 0 Å². The van der Waals surface area contributed by atoms with Crippen molar-refractivity contribution in [3.63, 3.8) is 0 Å². The minimum Gasteiger partial charge on any atom is -0.396 e. The zero-order valence-corrected chi connectivity index (χ0v) is 16.1. The molecule has 0 aromatic rings. The Morgan fingerprint density at radius 1 is 0.538 bits per heavy atom. The molecule has 0 radical (unpaired) electrons. The summed E-state index contributed by atoms with van der Waals surface area (Å²) in [7, 11) is 0. The lowest BCUT2D eigenvalue weighted by molar-refractivity contribution is -0.0328. The maximum Gasteiger partial charge on any atom is 0.0627 e. The van der Waals surface area contributed by atoms with Crippen molar-refractivity contribution in [1.29, 1.82) is 0 Å². The van der Waals surface area contributed by atoms with Crippen LogP contribution in [0.2, 0.25) is 0 Å². The highest BCUT2D eigenvalue weighted by atomic mass is 127. The average molecular weight is 648 g/mol. The molecule has 0 fully saturated rings. The topological polar surface area (TPSA) is 80.9 Å². The Balaban J connectivity index is -0.0000000533. The van der Waals surface area contributed by atoms with Gasteiger partial charge in [-0.25, -0.2) is 0 Å². The fourth-order valence-electron chi connectivity index (χ4n) is 0.300. The van der Waals surface area contributed by atoms with Crippen molar-refractivity contribution >= 4 is 95.9 Å².